The number of hydrogen-bond acceptors (Lipinski definition) is 3. The average molecular weight is 226 g/mol. The van der Waals surface area contributed by atoms with Crippen LogP contribution in [0.5, 0.6) is 0 Å². The molecule has 0 aromatic carbocycles. The molecule has 1 spiro atoms. The maximum absolute atomic E-state index is 11.6. The molecule has 3 aliphatic rings. The second-order valence-electron chi connectivity index (χ2n) is 4.46. The molecule has 76 valence electrons. The third-order valence-electron chi connectivity index (χ3n) is 3.49. The summed E-state index contributed by atoms with van der Waals surface area (Å²) in [6.45, 7) is 2.30. The van der Waals surface area contributed by atoms with E-state index in [1.807, 2.05) is 0 Å². The summed E-state index contributed by atoms with van der Waals surface area (Å²) in [5.74, 6) is 2.59. The van der Waals surface area contributed by atoms with Crippen molar-refractivity contribution in [1.29, 1.82) is 0 Å². The first-order chi connectivity index (χ1) is 6.71. The summed E-state index contributed by atoms with van der Waals surface area (Å²) >= 11 is 4.14. The van der Waals surface area contributed by atoms with Crippen LogP contribution in [0.15, 0.2) is 12.2 Å². The molecule has 2 aliphatic carbocycles. The summed E-state index contributed by atoms with van der Waals surface area (Å²) in [4.78, 5) is 11.6. The minimum Gasteiger partial charge on any atom is -0.299 e. The van der Waals surface area contributed by atoms with E-state index < -0.39 is 0 Å². The van der Waals surface area contributed by atoms with E-state index in [0.717, 1.165) is 18.1 Å². The van der Waals surface area contributed by atoms with E-state index in [-0.39, 0.29) is 10.00 Å². The van der Waals surface area contributed by atoms with Gasteiger partial charge in [0.05, 0.1) is 4.08 Å². The molecule has 4 atom stereocenters. The van der Waals surface area contributed by atoms with Crippen molar-refractivity contribution in [2.75, 3.05) is 5.75 Å². The first kappa shape index (κ1) is 9.34. The Labute approximate surface area is 93.1 Å². The number of hydrogen-bond donors (Lipinski definition) is 0. The van der Waals surface area contributed by atoms with Gasteiger partial charge in [0.15, 0.2) is 0 Å². The molecule has 14 heavy (non-hydrogen) atoms. The van der Waals surface area contributed by atoms with Crippen molar-refractivity contribution in [2.24, 2.45) is 11.8 Å². The summed E-state index contributed by atoms with van der Waals surface area (Å²) in [7, 11) is 0. The number of thioether (sulfide) groups is 2. The lowest BCUT2D eigenvalue weighted by Crippen LogP contribution is -2.25. The largest absolute Gasteiger partial charge is 0.299 e. The lowest BCUT2D eigenvalue weighted by Gasteiger charge is -2.28. The van der Waals surface area contributed by atoms with Crippen molar-refractivity contribution >= 4 is 29.3 Å². The van der Waals surface area contributed by atoms with Gasteiger partial charge in [0.2, 0.25) is 0 Å². The van der Waals surface area contributed by atoms with Gasteiger partial charge < -0.3 is 0 Å². The Hall–Kier alpha value is 0.110. The van der Waals surface area contributed by atoms with Crippen LogP contribution >= 0.6 is 23.5 Å². The van der Waals surface area contributed by atoms with Gasteiger partial charge in [0.25, 0.3) is 0 Å². The van der Waals surface area contributed by atoms with E-state index in [4.69, 9.17) is 0 Å². The standard InChI is InChI=1S/C11H14OS2/c1-7-6-13-11(14-7)5-4-8-9(11)2-3-10(8)12/h4-5,7-9H,2-3,6H2,1H3. The Bertz CT molecular complexity index is 312. The molecule has 3 heteroatoms. The zero-order valence-electron chi connectivity index (χ0n) is 8.23. The fourth-order valence-corrected chi connectivity index (χ4v) is 6.65. The lowest BCUT2D eigenvalue weighted by molar-refractivity contribution is -0.119. The minimum absolute atomic E-state index is 0.264. The molecule has 4 unspecified atom stereocenters. The van der Waals surface area contributed by atoms with E-state index in [1.54, 1.807) is 0 Å². The van der Waals surface area contributed by atoms with Gasteiger partial charge in [-0.3, -0.25) is 4.79 Å². The molecular weight excluding hydrogens is 212 g/mol. The predicted molar refractivity (Wildman–Crippen MR) is 62.6 cm³/mol. The van der Waals surface area contributed by atoms with E-state index in [1.165, 1.54) is 5.75 Å². The number of fused-ring (bicyclic) bond motifs is 2. The molecule has 0 aromatic heterocycles. The first-order valence-corrected chi connectivity index (χ1v) is 7.12. The van der Waals surface area contributed by atoms with Gasteiger partial charge in [-0.25, -0.2) is 0 Å². The van der Waals surface area contributed by atoms with Crippen LogP contribution in [0.2, 0.25) is 0 Å². The highest BCUT2D eigenvalue weighted by atomic mass is 32.2. The molecule has 0 radical (unpaired) electrons. The van der Waals surface area contributed by atoms with Gasteiger partial charge in [-0.2, -0.15) is 0 Å². The van der Waals surface area contributed by atoms with Crippen molar-refractivity contribution in [3.05, 3.63) is 12.2 Å². The van der Waals surface area contributed by atoms with Crippen LogP contribution in [0.4, 0.5) is 0 Å². The van der Waals surface area contributed by atoms with Crippen LogP contribution in [0.3, 0.4) is 0 Å². The second-order valence-corrected chi connectivity index (χ2v) is 7.73. The zero-order chi connectivity index (χ0) is 9.76. The third-order valence-corrected chi connectivity index (χ3v) is 7.27. The molecule has 1 nitrogen and oxygen atoms in total. The quantitative estimate of drug-likeness (QED) is 0.591. The molecule has 1 heterocycles. The van der Waals surface area contributed by atoms with Crippen LogP contribution in [0, 0.1) is 11.8 Å². The van der Waals surface area contributed by atoms with Gasteiger partial charge in [-0.1, -0.05) is 19.1 Å². The normalized spacial score (nSPS) is 50.6. The monoisotopic (exact) mass is 226 g/mol. The second kappa shape index (κ2) is 3.05. The van der Waals surface area contributed by atoms with Gasteiger partial charge in [0.1, 0.15) is 5.78 Å². The van der Waals surface area contributed by atoms with Crippen molar-refractivity contribution < 1.29 is 4.79 Å². The first-order valence-electron chi connectivity index (χ1n) is 5.25. The molecule has 0 N–H and O–H groups in total. The number of ketones is 1. The smallest absolute Gasteiger partial charge is 0.140 e. The third kappa shape index (κ3) is 1.15. The van der Waals surface area contributed by atoms with E-state index >= 15 is 0 Å². The molecule has 3 rings (SSSR count). The number of allylic oxidation sites excluding steroid dienone is 1. The molecule has 0 aromatic rings. The van der Waals surface area contributed by atoms with Crippen molar-refractivity contribution in [3.8, 4) is 0 Å². The van der Waals surface area contributed by atoms with Crippen LogP contribution in [-0.2, 0) is 4.79 Å². The highest BCUT2D eigenvalue weighted by Gasteiger charge is 2.53. The summed E-state index contributed by atoms with van der Waals surface area (Å²) in [6.07, 6.45) is 6.43. The Balaban J connectivity index is 1.90. The number of Topliss-reactive ketones (excluding diaryl/α,β-unsaturated/α-hetero) is 1. The van der Waals surface area contributed by atoms with E-state index in [9.17, 15) is 4.79 Å². The molecule has 2 fully saturated rings. The molecule has 0 bridgehead atoms. The van der Waals surface area contributed by atoms with Crippen molar-refractivity contribution in [2.45, 2.75) is 29.1 Å². The van der Waals surface area contributed by atoms with Crippen molar-refractivity contribution in [3.63, 3.8) is 0 Å². The molecule has 1 saturated heterocycles. The van der Waals surface area contributed by atoms with E-state index in [0.29, 0.717) is 11.7 Å². The topological polar surface area (TPSA) is 17.1 Å². The highest BCUT2D eigenvalue weighted by molar-refractivity contribution is 8.22. The highest BCUT2D eigenvalue weighted by Crippen LogP contribution is 2.61. The Morgan fingerprint density at radius 3 is 3.14 bits per heavy atom. The SMILES string of the molecule is CC1CSC2(C=CC3C(=O)CCC32)S1. The van der Waals surface area contributed by atoms with Crippen LogP contribution in [0.1, 0.15) is 19.8 Å². The van der Waals surface area contributed by atoms with Gasteiger partial charge in [0, 0.05) is 23.3 Å². The maximum atomic E-state index is 11.6. The lowest BCUT2D eigenvalue weighted by atomic mass is 9.99. The fraction of sp³-hybridized carbons (Fsp3) is 0.727. The summed E-state index contributed by atoms with van der Waals surface area (Å²) < 4.78 is 0.274. The van der Waals surface area contributed by atoms with E-state index in [2.05, 4.69) is 42.6 Å². The van der Waals surface area contributed by atoms with Gasteiger partial charge in [-0.15, -0.1) is 23.5 Å². The summed E-state index contributed by atoms with van der Waals surface area (Å²) in [5.41, 5.74) is 0. The average Bonchev–Trinajstić information content (AvgIpc) is 2.77. The van der Waals surface area contributed by atoms with Gasteiger partial charge in [-0.05, 0) is 12.3 Å². The Kier molecular flexibility index (Phi) is 2.04. The fourth-order valence-electron chi connectivity index (χ4n) is 2.83. The van der Waals surface area contributed by atoms with Crippen molar-refractivity contribution in [1.82, 2.24) is 0 Å². The van der Waals surface area contributed by atoms with Gasteiger partial charge >= 0.3 is 0 Å². The number of carbonyl (C=O) groups is 1. The Morgan fingerprint density at radius 2 is 2.43 bits per heavy atom. The molecular formula is C11H14OS2. The Morgan fingerprint density at radius 1 is 1.57 bits per heavy atom. The minimum atomic E-state index is 0.264. The molecule has 1 saturated carbocycles. The summed E-state index contributed by atoms with van der Waals surface area (Å²) in [6, 6.07) is 0. The molecule has 1 aliphatic heterocycles. The number of rotatable bonds is 0. The maximum Gasteiger partial charge on any atom is 0.140 e. The predicted octanol–water partition coefficient (Wildman–Crippen LogP) is 2.72. The summed E-state index contributed by atoms with van der Waals surface area (Å²) in [5, 5.41) is 0.749. The van der Waals surface area contributed by atoms with Crippen LogP contribution < -0.4 is 0 Å². The molecule has 0 amide bonds. The van der Waals surface area contributed by atoms with Crippen LogP contribution in [0.25, 0.3) is 0 Å². The zero-order valence-corrected chi connectivity index (χ0v) is 9.87. The van der Waals surface area contributed by atoms with Crippen LogP contribution in [-0.4, -0.2) is 20.9 Å². The number of carbonyl (C=O) groups excluding carboxylic acids is 1.